The van der Waals surface area contributed by atoms with E-state index in [1.165, 1.54) is 11.4 Å². The van der Waals surface area contributed by atoms with Gasteiger partial charge in [-0.05, 0) is 13.3 Å². The lowest BCUT2D eigenvalue weighted by Crippen LogP contribution is -2.29. The lowest BCUT2D eigenvalue weighted by molar-refractivity contribution is 0.485. The molecule has 0 spiro atoms. The Bertz CT molecular complexity index is 470. The molecule has 0 amide bonds. The molecule has 0 aliphatic heterocycles. The van der Waals surface area contributed by atoms with Crippen LogP contribution in [0.2, 0.25) is 0 Å². The van der Waals surface area contributed by atoms with Gasteiger partial charge >= 0.3 is 0 Å². The molecule has 0 N–H and O–H groups in total. The maximum Gasteiger partial charge on any atom is 0.261 e. The van der Waals surface area contributed by atoms with Crippen LogP contribution in [-0.2, 0) is 16.6 Å². The Labute approximate surface area is 107 Å². The third kappa shape index (κ3) is 3.20. The quantitative estimate of drug-likeness (QED) is 0.741. The second kappa shape index (κ2) is 5.84. The number of hydrogen-bond acceptors (Lipinski definition) is 3. The number of imidazole rings is 1. The fourth-order valence-corrected chi connectivity index (χ4v) is 2.98. The second-order valence-corrected chi connectivity index (χ2v) is 6.21. The van der Waals surface area contributed by atoms with Crippen molar-refractivity contribution in [1.82, 2.24) is 13.9 Å². The Kier molecular flexibility index (Phi) is 4.97. The number of alkyl halides is 1. The Morgan fingerprint density at radius 3 is 2.71 bits per heavy atom. The molecule has 0 aliphatic rings. The van der Waals surface area contributed by atoms with Gasteiger partial charge in [0.1, 0.15) is 5.82 Å². The van der Waals surface area contributed by atoms with E-state index in [9.17, 15) is 8.42 Å². The van der Waals surface area contributed by atoms with Crippen LogP contribution < -0.4 is 0 Å². The van der Waals surface area contributed by atoms with Gasteiger partial charge in [-0.15, -0.1) is 11.6 Å². The second-order valence-electron chi connectivity index (χ2n) is 3.84. The predicted molar refractivity (Wildman–Crippen MR) is 67.8 cm³/mol. The van der Waals surface area contributed by atoms with Gasteiger partial charge in [-0.3, -0.25) is 0 Å². The monoisotopic (exact) mass is 279 g/mol. The number of hydrogen-bond donors (Lipinski definition) is 0. The van der Waals surface area contributed by atoms with E-state index in [4.69, 9.17) is 11.6 Å². The number of nitrogens with zero attached hydrogens (tertiary/aromatic N) is 3. The van der Waals surface area contributed by atoms with E-state index < -0.39 is 10.0 Å². The van der Waals surface area contributed by atoms with Gasteiger partial charge in [0.15, 0.2) is 5.03 Å². The zero-order valence-corrected chi connectivity index (χ0v) is 11.9. The van der Waals surface area contributed by atoms with Gasteiger partial charge in [0, 0.05) is 32.2 Å². The van der Waals surface area contributed by atoms with Crippen molar-refractivity contribution in [2.45, 2.75) is 31.8 Å². The van der Waals surface area contributed by atoms with Gasteiger partial charge < -0.3 is 4.57 Å². The molecule has 0 saturated heterocycles. The molecular weight excluding hydrogens is 262 g/mol. The van der Waals surface area contributed by atoms with E-state index in [0.717, 1.165) is 13.0 Å². The average molecular weight is 280 g/mol. The van der Waals surface area contributed by atoms with Crippen molar-refractivity contribution in [2.24, 2.45) is 0 Å². The van der Waals surface area contributed by atoms with Gasteiger partial charge in [-0.2, -0.15) is 4.31 Å². The SMILES string of the molecule is CCCn1cc(S(=O)(=O)N(C)CCCl)nc1C. The van der Waals surface area contributed by atoms with E-state index in [-0.39, 0.29) is 17.5 Å². The Hall–Kier alpha value is -0.590. The molecule has 0 fully saturated rings. The topological polar surface area (TPSA) is 55.2 Å². The third-order valence-corrected chi connectivity index (χ3v) is 4.39. The zero-order chi connectivity index (χ0) is 13.1. The van der Waals surface area contributed by atoms with Gasteiger partial charge in [0.25, 0.3) is 10.0 Å². The molecule has 0 aromatic carbocycles. The molecule has 0 saturated carbocycles. The molecule has 0 aliphatic carbocycles. The van der Waals surface area contributed by atoms with Crippen LogP contribution in [0.4, 0.5) is 0 Å². The summed E-state index contributed by atoms with van der Waals surface area (Å²) in [4.78, 5) is 4.09. The summed E-state index contributed by atoms with van der Waals surface area (Å²) in [5.74, 6) is 0.981. The van der Waals surface area contributed by atoms with Crippen LogP contribution in [0.25, 0.3) is 0 Å². The summed E-state index contributed by atoms with van der Waals surface area (Å²) in [5.41, 5.74) is 0. The zero-order valence-electron chi connectivity index (χ0n) is 10.4. The van der Waals surface area contributed by atoms with Crippen LogP contribution in [0.1, 0.15) is 19.2 Å². The predicted octanol–water partition coefficient (Wildman–Crippen LogP) is 1.46. The number of halogens is 1. The summed E-state index contributed by atoms with van der Waals surface area (Å²) in [7, 11) is -2.00. The number of rotatable bonds is 6. The van der Waals surface area contributed by atoms with Crippen molar-refractivity contribution in [2.75, 3.05) is 19.5 Å². The van der Waals surface area contributed by atoms with Gasteiger partial charge in [-0.1, -0.05) is 6.92 Å². The minimum atomic E-state index is -3.50. The van der Waals surface area contributed by atoms with E-state index in [0.29, 0.717) is 5.82 Å². The molecular formula is C10H18ClN3O2S. The van der Waals surface area contributed by atoms with E-state index in [2.05, 4.69) is 4.98 Å². The molecule has 0 atom stereocenters. The van der Waals surface area contributed by atoms with Crippen molar-refractivity contribution in [3.63, 3.8) is 0 Å². The Balaban J connectivity index is 3.03. The molecule has 98 valence electrons. The standard InChI is InChI=1S/C10H18ClN3O2S/c1-4-6-14-8-10(12-9(14)2)17(15,16)13(3)7-5-11/h8H,4-7H2,1-3H3. The summed E-state index contributed by atoms with van der Waals surface area (Å²) in [5, 5.41) is 0.0936. The highest BCUT2D eigenvalue weighted by Crippen LogP contribution is 2.14. The van der Waals surface area contributed by atoms with Crippen LogP contribution in [0.15, 0.2) is 11.2 Å². The minimum absolute atomic E-state index is 0.0936. The summed E-state index contributed by atoms with van der Waals surface area (Å²) in [6.45, 7) is 4.89. The fraction of sp³-hybridized carbons (Fsp3) is 0.700. The fourth-order valence-electron chi connectivity index (χ4n) is 1.47. The highest BCUT2D eigenvalue weighted by Gasteiger charge is 2.23. The Morgan fingerprint density at radius 1 is 1.53 bits per heavy atom. The van der Waals surface area contributed by atoms with Crippen molar-refractivity contribution in [1.29, 1.82) is 0 Å². The molecule has 7 heteroatoms. The van der Waals surface area contributed by atoms with Crippen molar-refractivity contribution in [3.05, 3.63) is 12.0 Å². The lowest BCUT2D eigenvalue weighted by Gasteiger charge is -2.13. The Morgan fingerprint density at radius 2 is 2.18 bits per heavy atom. The molecule has 5 nitrogen and oxygen atoms in total. The van der Waals surface area contributed by atoms with Crippen molar-refractivity contribution < 1.29 is 8.42 Å². The van der Waals surface area contributed by atoms with Gasteiger partial charge in [0.05, 0.1) is 0 Å². The maximum absolute atomic E-state index is 12.1. The first-order valence-electron chi connectivity index (χ1n) is 5.49. The molecule has 1 rings (SSSR count). The third-order valence-electron chi connectivity index (χ3n) is 2.49. The number of aromatic nitrogens is 2. The summed E-state index contributed by atoms with van der Waals surface area (Å²) in [6, 6.07) is 0. The summed E-state index contributed by atoms with van der Waals surface area (Å²) in [6.07, 6.45) is 2.52. The van der Waals surface area contributed by atoms with Crippen LogP contribution in [0, 0.1) is 6.92 Å². The summed E-state index contributed by atoms with van der Waals surface area (Å²) >= 11 is 5.54. The molecule has 1 aromatic heterocycles. The molecule has 0 unspecified atom stereocenters. The average Bonchev–Trinajstić information content (AvgIpc) is 2.62. The first-order chi connectivity index (χ1) is 7.93. The number of sulfonamides is 1. The number of aryl methyl sites for hydroxylation is 2. The molecule has 0 bridgehead atoms. The van der Waals surface area contributed by atoms with E-state index >= 15 is 0 Å². The van der Waals surface area contributed by atoms with Crippen LogP contribution in [0.5, 0.6) is 0 Å². The molecule has 1 aromatic rings. The first-order valence-corrected chi connectivity index (χ1v) is 7.47. The minimum Gasteiger partial charge on any atom is -0.334 e. The normalized spacial score (nSPS) is 12.3. The van der Waals surface area contributed by atoms with Crippen LogP contribution in [0.3, 0.4) is 0 Å². The van der Waals surface area contributed by atoms with Crippen molar-refractivity contribution in [3.8, 4) is 0 Å². The molecule has 0 radical (unpaired) electrons. The van der Waals surface area contributed by atoms with Gasteiger partial charge in [-0.25, -0.2) is 13.4 Å². The largest absolute Gasteiger partial charge is 0.334 e. The highest BCUT2D eigenvalue weighted by molar-refractivity contribution is 7.89. The smallest absolute Gasteiger partial charge is 0.261 e. The van der Waals surface area contributed by atoms with Crippen LogP contribution >= 0.6 is 11.6 Å². The molecule has 1 heterocycles. The first kappa shape index (κ1) is 14.5. The highest BCUT2D eigenvalue weighted by atomic mass is 35.5. The molecule has 17 heavy (non-hydrogen) atoms. The van der Waals surface area contributed by atoms with E-state index in [1.54, 1.807) is 13.1 Å². The maximum atomic E-state index is 12.1. The van der Waals surface area contributed by atoms with Gasteiger partial charge in [0.2, 0.25) is 0 Å². The van der Waals surface area contributed by atoms with Crippen LogP contribution in [-0.4, -0.2) is 41.7 Å². The van der Waals surface area contributed by atoms with E-state index in [1.807, 2.05) is 11.5 Å². The van der Waals surface area contributed by atoms with Crippen molar-refractivity contribution >= 4 is 21.6 Å². The lowest BCUT2D eigenvalue weighted by atomic mass is 10.5. The summed E-state index contributed by atoms with van der Waals surface area (Å²) < 4.78 is 27.2.